The molecule has 0 amide bonds. The predicted octanol–water partition coefficient (Wildman–Crippen LogP) is 16.5. The largest absolute Gasteiger partial charge is 0.513 e. The first kappa shape index (κ1) is 71.2. The van der Waals surface area contributed by atoms with E-state index >= 15 is 0 Å². The van der Waals surface area contributed by atoms with E-state index < -0.39 is 79.8 Å². The lowest BCUT2D eigenvalue weighted by Gasteiger charge is -2.40. The molecule has 0 heterocycles. The maximum atomic E-state index is 13.2. The second kappa shape index (κ2) is 27.9. The molecule has 0 bridgehead atoms. The van der Waals surface area contributed by atoms with Gasteiger partial charge in [0.1, 0.15) is 6.61 Å². The lowest BCUT2D eigenvalue weighted by molar-refractivity contribution is -0.544. The fourth-order valence-electron chi connectivity index (χ4n) is 7.26. The van der Waals surface area contributed by atoms with Crippen molar-refractivity contribution in [2.75, 3.05) is 34.4 Å². The molecular weight excluding hydrogens is 1140 g/mol. The summed E-state index contributed by atoms with van der Waals surface area (Å²) in [6.45, 7) is 11.3. The molecule has 456 valence electrons. The summed E-state index contributed by atoms with van der Waals surface area (Å²) < 4.78 is 267. The fraction of sp³-hybridized carbons (Fsp3) is 0.509. The highest BCUT2D eigenvalue weighted by Crippen LogP contribution is 2.61. The molecule has 1 aliphatic rings. The number of hydrogen-bond acceptors (Lipinski definition) is 9. The van der Waals surface area contributed by atoms with Crippen LogP contribution in [0.5, 0.6) is 0 Å². The second-order valence-corrected chi connectivity index (χ2v) is 18.3. The SMILES string of the molecule is COCC(F)(F)OC(F)(F)C(F)(F)OC(F)(F)C(F)(F)C(F)(F)C(F)(F)C(F)(F)C(F)(F)F.COCOC(=O)OCOC(C)=O.Cc1ccc(-c2ccc(C)cc2)cc1.Cc1ccc(C2(c3ccc(C)c(C)c3)CCCCC2)cc1C. The molecule has 1 fully saturated rings. The van der Waals surface area contributed by atoms with E-state index in [0.29, 0.717) is 0 Å². The van der Waals surface area contributed by atoms with Crippen LogP contribution in [0.15, 0.2) is 84.9 Å². The van der Waals surface area contributed by atoms with Crippen LogP contribution >= 0.6 is 0 Å². The van der Waals surface area contributed by atoms with Crippen LogP contribution in [-0.4, -0.2) is 101 Å². The van der Waals surface area contributed by atoms with Crippen LogP contribution in [0, 0.1) is 41.5 Å². The molecule has 0 N–H and O–H groups in total. The van der Waals surface area contributed by atoms with Gasteiger partial charge in [-0.05, 0) is 98.9 Å². The number of alkyl halides is 19. The van der Waals surface area contributed by atoms with Crippen LogP contribution < -0.4 is 0 Å². The topological polar surface area (TPSA) is 98.8 Å². The van der Waals surface area contributed by atoms with E-state index in [0.717, 1.165) is 0 Å². The molecule has 9 nitrogen and oxygen atoms in total. The lowest BCUT2D eigenvalue weighted by atomic mass is 9.64. The minimum Gasteiger partial charge on any atom is -0.428 e. The van der Waals surface area contributed by atoms with Crippen LogP contribution in [0.3, 0.4) is 0 Å². The van der Waals surface area contributed by atoms with Crippen molar-refractivity contribution in [1.82, 2.24) is 0 Å². The van der Waals surface area contributed by atoms with Crippen molar-refractivity contribution >= 4 is 12.1 Å². The molecule has 0 aliphatic heterocycles. The molecule has 1 aliphatic carbocycles. The predicted molar refractivity (Wildman–Crippen MR) is 253 cm³/mol. The monoisotopic (exact) mass is 1200 g/mol. The van der Waals surface area contributed by atoms with E-state index in [4.69, 9.17) is 0 Å². The molecule has 81 heavy (non-hydrogen) atoms. The van der Waals surface area contributed by atoms with Gasteiger partial charge in [-0.25, -0.2) is 14.3 Å². The van der Waals surface area contributed by atoms with E-state index in [2.05, 4.69) is 150 Å². The Labute approximate surface area is 452 Å². The maximum absolute atomic E-state index is 13.2. The molecule has 5 rings (SSSR count). The summed E-state index contributed by atoms with van der Waals surface area (Å²) in [5, 5.41) is 0. The number of carbonyl (C=O) groups is 2. The highest BCUT2D eigenvalue weighted by molar-refractivity contribution is 5.66. The molecule has 0 radical (unpaired) electrons. The van der Waals surface area contributed by atoms with Crippen LogP contribution in [0.2, 0.25) is 0 Å². The smallest absolute Gasteiger partial charge is 0.428 e. The number of benzene rings is 4. The van der Waals surface area contributed by atoms with E-state index in [9.17, 15) is 93.0 Å². The zero-order valence-electron chi connectivity index (χ0n) is 44.6. The number of ether oxygens (including phenoxy) is 7. The van der Waals surface area contributed by atoms with E-state index in [1.165, 1.54) is 107 Å². The number of esters is 1. The minimum atomic E-state index is -8.66. The highest BCUT2D eigenvalue weighted by atomic mass is 19.4. The van der Waals surface area contributed by atoms with Crippen LogP contribution in [0.25, 0.3) is 11.1 Å². The van der Waals surface area contributed by atoms with E-state index in [1.807, 2.05) is 4.74 Å². The molecule has 4 aromatic carbocycles. The van der Waals surface area contributed by atoms with Crippen molar-refractivity contribution < 1.29 is 126 Å². The Hall–Kier alpha value is -5.87. The molecular formula is C53H57F19O9. The molecule has 0 aromatic heterocycles. The normalized spacial score (nSPS) is 14.5. The van der Waals surface area contributed by atoms with Gasteiger partial charge in [0.05, 0.1) is 0 Å². The number of aryl methyl sites for hydroxylation is 6. The van der Waals surface area contributed by atoms with Gasteiger partial charge in [-0.1, -0.05) is 115 Å². The molecule has 0 spiro atoms. The van der Waals surface area contributed by atoms with Crippen LogP contribution in [0.1, 0.15) is 83.5 Å². The van der Waals surface area contributed by atoms with E-state index in [1.54, 1.807) is 0 Å². The Morgan fingerprint density at radius 2 is 0.840 bits per heavy atom. The van der Waals surface area contributed by atoms with Gasteiger partial charge in [0.15, 0.2) is 6.79 Å². The number of methoxy groups -OCH3 is 2. The zero-order valence-corrected chi connectivity index (χ0v) is 44.6. The van der Waals surface area contributed by atoms with Gasteiger partial charge in [-0.3, -0.25) is 4.79 Å². The molecule has 0 atom stereocenters. The first-order valence-electron chi connectivity index (χ1n) is 23.6. The van der Waals surface area contributed by atoms with Crippen molar-refractivity contribution in [1.29, 1.82) is 0 Å². The molecule has 4 aromatic rings. The average molecular weight is 1200 g/mol. The first-order chi connectivity index (χ1) is 36.9. The van der Waals surface area contributed by atoms with Crippen molar-refractivity contribution in [3.63, 3.8) is 0 Å². The van der Waals surface area contributed by atoms with Crippen molar-refractivity contribution in [3.8, 4) is 11.1 Å². The number of carbonyl (C=O) groups excluding carboxylic acids is 2. The van der Waals surface area contributed by atoms with Crippen LogP contribution in [-0.2, 0) is 43.4 Å². The van der Waals surface area contributed by atoms with Crippen LogP contribution in [0.4, 0.5) is 88.2 Å². The van der Waals surface area contributed by atoms with Crippen molar-refractivity contribution in [2.45, 2.75) is 140 Å². The summed E-state index contributed by atoms with van der Waals surface area (Å²) in [5.41, 5.74) is 14.1. The van der Waals surface area contributed by atoms with Gasteiger partial charge in [0.25, 0.3) is 0 Å². The summed E-state index contributed by atoms with van der Waals surface area (Å²) in [4.78, 5) is 20.6. The van der Waals surface area contributed by atoms with E-state index in [-0.39, 0.29) is 19.3 Å². The van der Waals surface area contributed by atoms with Crippen molar-refractivity contribution in [3.05, 3.63) is 129 Å². The van der Waals surface area contributed by atoms with Gasteiger partial charge in [-0.2, -0.15) is 83.4 Å². The Kier molecular flexibility index (Phi) is 24.6. The lowest BCUT2D eigenvalue weighted by Crippen LogP contribution is -2.71. The molecule has 0 saturated heterocycles. The molecule has 0 unspecified atom stereocenters. The highest BCUT2D eigenvalue weighted by Gasteiger charge is 2.92. The standard InChI is InChI=1S/C22H28.C14H14.C11H5F19O3.C6H10O6/c1-16-8-10-20(14-18(16)3)22(12-6-5-7-13-22)21-11-9-17(2)19(4)15-21;1-11-3-7-13(8-4-11)14-9-5-12(2)6-10-14;1-31-2-3(12,13)32-10(27,28)11(29,30)33-9(25,26)7(20,21)5(16,17)4(14,15)6(18,19)8(22,23)24;1-5(7)10-4-12-6(8)11-3-9-2/h8-11,14-15H,5-7,12-13H2,1-4H3;3-10H,1-2H3;2H2,1H3;3-4H2,1-2H3. The second-order valence-electron chi connectivity index (χ2n) is 18.3. The summed E-state index contributed by atoms with van der Waals surface area (Å²) >= 11 is 0. The third-order valence-corrected chi connectivity index (χ3v) is 12.1. The quantitative estimate of drug-likeness (QED) is 0.0548. The Morgan fingerprint density at radius 1 is 0.444 bits per heavy atom. The van der Waals surface area contributed by atoms with Gasteiger partial charge >= 0.3 is 66.4 Å². The maximum Gasteiger partial charge on any atom is 0.513 e. The van der Waals surface area contributed by atoms with Gasteiger partial charge in [0, 0.05) is 26.6 Å². The van der Waals surface area contributed by atoms with Crippen molar-refractivity contribution in [2.24, 2.45) is 0 Å². The fourth-order valence-corrected chi connectivity index (χ4v) is 7.26. The summed E-state index contributed by atoms with van der Waals surface area (Å²) in [5.74, 6) is -34.5. The number of rotatable bonds is 18. The first-order valence-corrected chi connectivity index (χ1v) is 23.6. The Bertz CT molecular complexity index is 2540. The van der Waals surface area contributed by atoms with Gasteiger partial charge < -0.3 is 23.7 Å². The third-order valence-electron chi connectivity index (χ3n) is 12.1. The Balaban J connectivity index is 0.000000398. The van der Waals surface area contributed by atoms with Gasteiger partial charge in [0.2, 0.25) is 6.79 Å². The third kappa shape index (κ3) is 18.1. The molecule has 1 saturated carbocycles. The summed E-state index contributed by atoms with van der Waals surface area (Å²) in [6, 6.07) is 31.5. The number of hydrogen-bond donors (Lipinski definition) is 0. The zero-order chi connectivity index (χ0) is 62.4. The number of halogens is 19. The summed E-state index contributed by atoms with van der Waals surface area (Å²) in [6.07, 6.45) is -30.6. The minimum absolute atomic E-state index is 0.196. The molecule has 28 heteroatoms. The van der Waals surface area contributed by atoms with Gasteiger partial charge in [-0.15, -0.1) is 0 Å². The Morgan fingerprint density at radius 3 is 1.21 bits per heavy atom. The average Bonchev–Trinajstić information content (AvgIpc) is 3.35. The summed E-state index contributed by atoms with van der Waals surface area (Å²) in [7, 11) is 1.65.